The molecule has 23 heavy (non-hydrogen) atoms. The van der Waals surface area contributed by atoms with Crippen LogP contribution in [0.2, 0.25) is 5.02 Å². The Morgan fingerprint density at radius 1 is 1.30 bits per heavy atom. The Balaban J connectivity index is 1.84. The number of halogens is 2. The SMILES string of the molecule is CCc1cc(Br)ccc1OCC(=O)N/N=C/c1ccc(Cl)cc1. The van der Waals surface area contributed by atoms with E-state index in [-0.39, 0.29) is 12.5 Å². The van der Waals surface area contributed by atoms with Crippen LogP contribution in [0.3, 0.4) is 0 Å². The van der Waals surface area contributed by atoms with E-state index in [2.05, 4.69) is 26.5 Å². The Labute approximate surface area is 148 Å². The summed E-state index contributed by atoms with van der Waals surface area (Å²) in [7, 11) is 0. The molecular formula is C17H16BrClN2O2. The monoisotopic (exact) mass is 394 g/mol. The molecule has 2 rings (SSSR count). The minimum atomic E-state index is -0.319. The Morgan fingerprint density at radius 2 is 2.04 bits per heavy atom. The minimum Gasteiger partial charge on any atom is -0.483 e. The van der Waals surface area contributed by atoms with Gasteiger partial charge in [0.1, 0.15) is 5.75 Å². The van der Waals surface area contributed by atoms with Gasteiger partial charge in [-0.05, 0) is 47.9 Å². The molecule has 0 aliphatic heterocycles. The van der Waals surface area contributed by atoms with Crippen LogP contribution < -0.4 is 10.2 Å². The maximum atomic E-state index is 11.7. The highest BCUT2D eigenvalue weighted by Gasteiger charge is 2.06. The lowest BCUT2D eigenvalue weighted by molar-refractivity contribution is -0.123. The van der Waals surface area contributed by atoms with E-state index in [1.54, 1.807) is 18.3 Å². The van der Waals surface area contributed by atoms with E-state index >= 15 is 0 Å². The number of carbonyl (C=O) groups excluding carboxylic acids is 1. The average molecular weight is 396 g/mol. The zero-order chi connectivity index (χ0) is 16.7. The molecule has 0 atom stereocenters. The molecule has 0 unspecified atom stereocenters. The molecule has 0 aliphatic carbocycles. The highest BCUT2D eigenvalue weighted by Crippen LogP contribution is 2.23. The van der Waals surface area contributed by atoms with Gasteiger partial charge < -0.3 is 4.74 Å². The van der Waals surface area contributed by atoms with Gasteiger partial charge in [-0.15, -0.1) is 0 Å². The highest BCUT2D eigenvalue weighted by molar-refractivity contribution is 9.10. The zero-order valence-corrected chi connectivity index (χ0v) is 14.9. The van der Waals surface area contributed by atoms with Crippen LogP contribution in [0.15, 0.2) is 52.0 Å². The molecule has 0 aliphatic rings. The first kappa shape index (κ1) is 17.5. The van der Waals surface area contributed by atoms with Gasteiger partial charge in [0.2, 0.25) is 0 Å². The van der Waals surface area contributed by atoms with Gasteiger partial charge >= 0.3 is 0 Å². The number of amides is 1. The molecule has 120 valence electrons. The van der Waals surface area contributed by atoms with Crippen molar-refractivity contribution in [3.05, 3.63) is 63.1 Å². The first-order valence-corrected chi connectivity index (χ1v) is 8.24. The smallest absolute Gasteiger partial charge is 0.277 e. The first-order valence-electron chi connectivity index (χ1n) is 7.07. The van der Waals surface area contributed by atoms with Crippen molar-refractivity contribution in [3.8, 4) is 5.75 Å². The summed E-state index contributed by atoms with van der Waals surface area (Å²) in [5, 5.41) is 4.54. The third kappa shape index (κ3) is 5.69. The molecule has 2 aromatic rings. The maximum absolute atomic E-state index is 11.7. The first-order chi connectivity index (χ1) is 11.1. The second kappa shape index (κ2) is 8.70. The molecule has 0 spiro atoms. The summed E-state index contributed by atoms with van der Waals surface area (Å²) in [6.45, 7) is 1.94. The molecule has 0 saturated heterocycles. The molecule has 4 nitrogen and oxygen atoms in total. The summed E-state index contributed by atoms with van der Waals surface area (Å²) in [4.78, 5) is 11.7. The summed E-state index contributed by atoms with van der Waals surface area (Å²) in [6, 6.07) is 12.8. The van der Waals surface area contributed by atoms with Crippen molar-refractivity contribution in [1.29, 1.82) is 0 Å². The van der Waals surface area contributed by atoms with Crippen LogP contribution >= 0.6 is 27.5 Å². The molecular weight excluding hydrogens is 380 g/mol. The van der Waals surface area contributed by atoms with Crippen LogP contribution in [-0.4, -0.2) is 18.7 Å². The van der Waals surface area contributed by atoms with Gasteiger partial charge in [0.05, 0.1) is 6.21 Å². The van der Waals surface area contributed by atoms with Crippen molar-refractivity contribution < 1.29 is 9.53 Å². The Hall–Kier alpha value is -1.85. The van der Waals surface area contributed by atoms with Gasteiger partial charge in [-0.3, -0.25) is 4.79 Å². The number of hydrogen-bond donors (Lipinski definition) is 1. The lowest BCUT2D eigenvalue weighted by Crippen LogP contribution is -2.24. The number of ether oxygens (including phenoxy) is 1. The maximum Gasteiger partial charge on any atom is 0.277 e. The van der Waals surface area contributed by atoms with Crippen LogP contribution in [0.1, 0.15) is 18.1 Å². The second-order valence-electron chi connectivity index (χ2n) is 4.74. The Kier molecular flexibility index (Phi) is 6.62. The number of benzene rings is 2. The highest BCUT2D eigenvalue weighted by atomic mass is 79.9. The second-order valence-corrected chi connectivity index (χ2v) is 6.09. The van der Waals surface area contributed by atoms with Gasteiger partial charge in [-0.1, -0.05) is 46.6 Å². The fourth-order valence-corrected chi connectivity index (χ4v) is 2.40. The molecule has 2 aromatic carbocycles. The lowest BCUT2D eigenvalue weighted by Gasteiger charge is -2.09. The number of hydrazone groups is 1. The van der Waals surface area contributed by atoms with Crippen molar-refractivity contribution in [3.63, 3.8) is 0 Å². The molecule has 0 saturated carbocycles. The summed E-state index contributed by atoms with van der Waals surface area (Å²) in [5.74, 6) is 0.382. The predicted molar refractivity (Wildman–Crippen MR) is 96.2 cm³/mol. The summed E-state index contributed by atoms with van der Waals surface area (Å²) < 4.78 is 6.52. The van der Waals surface area contributed by atoms with E-state index in [9.17, 15) is 4.79 Å². The molecule has 6 heteroatoms. The molecule has 0 radical (unpaired) electrons. The predicted octanol–water partition coefficient (Wildman–Crippen LogP) is 4.19. The van der Waals surface area contributed by atoms with E-state index < -0.39 is 0 Å². The molecule has 0 fully saturated rings. The van der Waals surface area contributed by atoms with Crippen LogP contribution in [0.4, 0.5) is 0 Å². The van der Waals surface area contributed by atoms with Crippen LogP contribution in [-0.2, 0) is 11.2 Å². The molecule has 0 heterocycles. The van der Waals surface area contributed by atoms with Gasteiger partial charge in [0, 0.05) is 9.50 Å². The largest absolute Gasteiger partial charge is 0.483 e. The number of rotatable bonds is 6. The number of hydrogen-bond acceptors (Lipinski definition) is 3. The number of aryl methyl sites for hydroxylation is 1. The van der Waals surface area contributed by atoms with Crippen molar-refractivity contribution >= 4 is 39.7 Å². The molecule has 1 amide bonds. The Bertz CT molecular complexity index is 702. The Morgan fingerprint density at radius 3 is 2.74 bits per heavy atom. The van der Waals surface area contributed by atoms with Crippen molar-refractivity contribution in [2.45, 2.75) is 13.3 Å². The van der Waals surface area contributed by atoms with Crippen molar-refractivity contribution in [2.24, 2.45) is 5.10 Å². The number of nitrogens with one attached hydrogen (secondary N) is 1. The fourth-order valence-electron chi connectivity index (χ4n) is 1.87. The van der Waals surface area contributed by atoms with Crippen molar-refractivity contribution in [2.75, 3.05) is 6.61 Å². The zero-order valence-electron chi connectivity index (χ0n) is 12.6. The summed E-state index contributed by atoms with van der Waals surface area (Å²) >= 11 is 9.21. The van der Waals surface area contributed by atoms with E-state index in [1.165, 1.54) is 0 Å². The molecule has 0 aromatic heterocycles. The van der Waals surface area contributed by atoms with E-state index in [4.69, 9.17) is 16.3 Å². The van der Waals surface area contributed by atoms with Crippen LogP contribution in [0.5, 0.6) is 5.75 Å². The molecule has 1 N–H and O–H groups in total. The summed E-state index contributed by atoms with van der Waals surface area (Å²) in [5.41, 5.74) is 4.31. The standard InChI is InChI=1S/C17H16BrClN2O2/c1-2-13-9-14(18)5-8-16(13)23-11-17(22)21-20-10-12-3-6-15(19)7-4-12/h3-10H,2,11H2,1H3,(H,21,22)/b20-10+. The van der Waals surface area contributed by atoms with Crippen LogP contribution in [0, 0.1) is 0 Å². The third-order valence-corrected chi connectivity index (χ3v) is 3.78. The van der Waals surface area contributed by atoms with Crippen LogP contribution in [0.25, 0.3) is 0 Å². The van der Waals surface area contributed by atoms with Gasteiger partial charge in [-0.2, -0.15) is 5.10 Å². The number of carbonyl (C=O) groups is 1. The topological polar surface area (TPSA) is 50.7 Å². The fraction of sp³-hybridized carbons (Fsp3) is 0.176. The van der Waals surface area contributed by atoms with E-state index in [1.807, 2.05) is 37.3 Å². The van der Waals surface area contributed by atoms with E-state index in [0.29, 0.717) is 10.8 Å². The van der Waals surface area contributed by atoms with E-state index in [0.717, 1.165) is 22.0 Å². The van der Waals surface area contributed by atoms with Gasteiger partial charge in [-0.25, -0.2) is 5.43 Å². The quantitative estimate of drug-likeness (QED) is 0.589. The van der Waals surface area contributed by atoms with Crippen molar-refractivity contribution in [1.82, 2.24) is 5.43 Å². The number of nitrogens with zero attached hydrogens (tertiary/aromatic N) is 1. The molecule has 0 bridgehead atoms. The summed E-state index contributed by atoms with van der Waals surface area (Å²) in [6.07, 6.45) is 2.37. The third-order valence-electron chi connectivity index (χ3n) is 3.04. The lowest BCUT2D eigenvalue weighted by atomic mass is 10.1. The average Bonchev–Trinajstić information content (AvgIpc) is 2.55. The minimum absolute atomic E-state index is 0.0907. The normalized spacial score (nSPS) is 10.7. The van der Waals surface area contributed by atoms with Gasteiger partial charge in [0.15, 0.2) is 6.61 Å². The van der Waals surface area contributed by atoms with Gasteiger partial charge in [0.25, 0.3) is 5.91 Å².